The van der Waals surface area contributed by atoms with Crippen molar-refractivity contribution in [2.24, 2.45) is 0 Å². The van der Waals surface area contributed by atoms with Crippen LogP contribution < -0.4 is 0 Å². The first kappa shape index (κ1) is 7.66. The van der Waals surface area contributed by atoms with E-state index in [1.165, 1.54) is 6.07 Å². The van der Waals surface area contributed by atoms with Gasteiger partial charge in [0.25, 0.3) is 0 Å². The first-order valence-electron chi connectivity index (χ1n) is 3.22. The van der Waals surface area contributed by atoms with Crippen molar-refractivity contribution < 1.29 is 10.2 Å². The molecule has 0 fully saturated rings. The van der Waals surface area contributed by atoms with Crippen LogP contribution in [0.2, 0.25) is 0 Å². The van der Waals surface area contributed by atoms with E-state index in [1.54, 1.807) is 24.6 Å². The van der Waals surface area contributed by atoms with E-state index in [0.29, 0.717) is 5.56 Å². The Morgan fingerprint density at radius 1 is 1.27 bits per heavy atom. The Morgan fingerprint density at radius 3 is 2.64 bits per heavy atom. The van der Waals surface area contributed by atoms with E-state index in [-0.39, 0.29) is 11.5 Å². The molecule has 1 radical (unpaired) electrons. The highest BCUT2D eigenvalue weighted by Crippen LogP contribution is 2.28. The van der Waals surface area contributed by atoms with Crippen LogP contribution in [0.5, 0.6) is 11.5 Å². The van der Waals surface area contributed by atoms with Gasteiger partial charge in [-0.15, -0.1) is 6.58 Å². The minimum Gasteiger partial charge on any atom is -0.504 e. The van der Waals surface area contributed by atoms with Crippen molar-refractivity contribution >= 4 is 0 Å². The summed E-state index contributed by atoms with van der Waals surface area (Å²) in [5.74, 6) is -0.215. The molecule has 11 heavy (non-hydrogen) atoms. The first-order chi connectivity index (χ1) is 5.25. The van der Waals surface area contributed by atoms with E-state index in [1.807, 2.05) is 0 Å². The molecule has 0 spiro atoms. The van der Waals surface area contributed by atoms with Gasteiger partial charge in [-0.1, -0.05) is 18.2 Å². The summed E-state index contributed by atoms with van der Waals surface area (Å²) < 4.78 is 0. The molecular weight excluding hydrogens is 140 g/mol. The molecular formula is C9H9O2. The number of phenolic OH excluding ortho intramolecular Hbond substituents is 2. The summed E-state index contributed by atoms with van der Waals surface area (Å²) in [5.41, 5.74) is 0.569. The highest BCUT2D eigenvalue weighted by molar-refractivity contribution is 5.48. The Kier molecular flexibility index (Phi) is 2.16. The lowest BCUT2D eigenvalue weighted by Gasteiger charge is -2.01. The lowest BCUT2D eigenvalue weighted by molar-refractivity contribution is 0.402. The third-order valence-corrected chi connectivity index (χ3v) is 1.34. The fourth-order valence-electron chi connectivity index (χ4n) is 0.810. The fourth-order valence-corrected chi connectivity index (χ4v) is 0.810. The average Bonchev–Trinajstić information content (AvgIpc) is 1.99. The summed E-state index contributed by atoms with van der Waals surface area (Å²) in [6, 6.07) is 4.77. The summed E-state index contributed by atoms with van der Waals surface area (Å²) in [4.78, 5) is 0. The molecule has 2 N–H and O–H groups in total. The van der Waals surface area contributed by atoms with Gasteiger partial charge in [0.2, 0.25) is 0 Å². The number of aromatic hydroxyl groups is 2. The lowest BCUT2D eigenvalue weighted by atomic mass is 10.1. The zero-order chi connectivity index (χ0) is 8.27. The second kappa shape index (κ2) is 3.10. The van der Waals surface area contributed by atoms with Crippen molar-refractivity contribution in [1.82, 2.24) is 0 Å². The number of benzene rings is 1. The van der Waals surface area contributed by atoms with Gasteiger partial charge in [-0.3, -0.25) is 0 Å². The number of phenols is 2. The zero-order valence-corrected chi connectivity index (χ0v) is 5.99. The predicted octanol–water partition coefficient (Wildman–Crippen LogP) is 1.84. The van der Waals surface area contributed by atoms with Gasteiger partial charge in [-0.25, -0.2) is 0 Å². The van der Waals surface area contributed by atoms with Crippen molar-refractivity contribution in [2.75, 3.05) is 0 Å². The molecule has 0 heterocycles. The summed E-state index contributed by atoms with van der Waals surface area (Å²) in [5, 5.41) is 18.2. The van der Waals surface area contributed by atoms with Crippen LogP contribution in [-0.4, -0.2) is 10.2 Å². The number of para-hydroxylation sites is 1. The van der Waals surface area contributed by atoms with Crippen LogP contribution >= 0.6 is 0 Å². The number of allylic oxidation sites excluding steroid dienone is 1. The van der Waals surface area contributed by atoms with E-state index in [4.69, 9.17) is 5.11 Å². The Balaban J connectivity index is 3.05. The van der Waals surface area contributed by atoms with E-state index in [2.05, 4.69) is 6.58 Å². The van der Waals surface area contributed by atoms with Gasteiger partial charge in [0, 0.05) is 12.0 Å². The van der Waals surface area contributed by atoms with Gasteiger partial charge in [-0.05, 0) is 6.07 Å². The van der Waals surface area contributed by atoms with Crippen LogP contribution in [0.1, 0.15) is 5.56 Å². The third-order valence-electron chi connectivity index (χ3n) is 1.34. The second-order valence-electron chi connectivity index (χ2n) is 2.12. The molecule has 0 aliphatic carbocycles. The van der Waals surface area contributed by atoms with Gasteiger partial charge in [0.15, 0.2) is 11.5 Å². The van der Waals surface area contributed by atoms with Crippen molar-refractivity contribution in [2.45, 2.75) is 0 Å². The third kappa shape index (κ3) is 1.52. The topological polar surface area (TPSA) is 40.5 Å². The highest BCUT2D eigenvalue weighted by atomic mass is 16.3. The average molecular weight is 149 g/mol. The quantitative estimate of drug-likeness (QED) is 0.630. The second-order valence-corrected chi connectivity index (χ2v) is 2.12. The molecule has 0 aliphatic heterocycles. The molecule has 0 atom stereocenters. The van der Waals surface area contributed by atoms with Gasteiger partial charge >= 0.3 is 0 Å². The van der Waals surface area contributed by atoms with E-state index < -0.39 is 0 Å². The molecule has 2 nitrogen and oxygen atoms in total. The van der Waals surface area contributed by atoms with Gasteiger partial charge in [-0.2, -0.15) is 0 Å². The normalized spacial score (nSPS) is 9.45. The van der Waals surface area contributed by atoms with Crippen LogP contribution in [0.3, 0.4) is 0 Å². The van der Waals surface area contributed by atoms with Gasteiger partial charge in [0.1, 0.15) is 0 Å². The number of rotatable bonds is 2. The van der Waals surface area contributed by atoms with Crippen molar-refractivity contribution in [3.05, 3.63) is 42.8 Å². The fraction of sp³-hybridized carbons (Fsp3) is 0. The maximum atomic E-state index is 9.20. The molecule has 2 heteroatoms. The molecule has 0 amide bonds. The van der Waals surface area contributed by atoms with Crippen molar-refractivity contribution in [3.63, 3.8) is 0 Å². The molecule has 0 saturated heterocycles. The summed E-state index contributed by atoms with van der Waals surface area (Å²) in [6.07, 6.45) is 3.17. The molecule has 1 rings (SSSR count). The maximum Gasteiger partial charge on any atom is 0.161 e. The van der Waals surface area contributed by atoms with Gasteiger partial charge in [0.05, 0.1) is 0 Å². The molecule has 0 unspecified atom stereocenters. The SMILES string of the molecule is C=C[CH]c1cccc(O)c1O. The van der Waals surface area contributed by atoms with Crippen LogP contribution in [-0.2, 0) is 0 Å². The maximum absolute atomic E-state index is 9.20. The van der Waals surface area contributed by atoms with Crippen LogP contribution in [0, 0.1) is 6.42 Å². The number of hydrogen-bond donors (Lipinski definition) is 2. The van der Waals surface area contributed by atoms with E-state index >= 15 is 0 Å². The molecule has 57 valence electrons. The standard InChI is InChI=1S/C9H9O2/c1-2-4-7-5-3-6-8(10)9(7)11/h2-6,10-11H,1H2. The van der Waals surface area contributed by atoms with Crippen LogP contribution in [0.25, 0.3) is 0 Å². The Bertz CT molecular complexity index is 266. The lowest BCUT2D eigenvalue weighted by Crippen LogP contribution is -1.78. The molecule has 0 saturated carbocycles. The van der Waals surface area contributed by atoms with E-state index in [9.17, 15) is 5.11 Å². The molecule has 0 aromatic heterocycles. The first-order valence-corrected chi connectivity index (χ1v) is 3.22. The van der Waals surface area contributed by atoms with Crippen LogP contribution in [0.4, 0.5) is 0 Å². The minimum atomic E-state index is -0.111. The zero-order valence-electron chi connectivity index (χ0n) is 5.99. The van der Waals surface area contributed by atoms with Crippen molar-refractivity contribution in [3.8, 4) is 11.5 Å². The predicted molar refractivity (Wildman–Crippen MR) is 43.4 cm³/mol. The van der Waals surface area contributed by atoms with E-state index in [0.717, 1.165) is 0 Å². The molecule has 1 aromatic rings. The molecule has 1 aromatic carbocycles. The molecule has 0 bridgehead atoms. The highest BCUT2D eigenvalue weighted by Gasteiger charge is 2.02. The Labute approximate surface area is 65.4 Å². The Hall–Kier alpha value is -1.44. The number of hydrogen-bond acceptors (Lipinski definition) is 2. The Morgan fingerprint density at radius 2 is 2.00 bits per heavy atom. The summed E-state index contributed by atoms with van der Waals surface area (Å²) in [7, 11) is 0. The van der Waals surface area contributed by atoms with Crippen molar-refractivity contribution in [1.29, 1.82) is 0 Å². The minimum absolute atomic E-state index is 0.104. The van der Waals surface area contributed by atoms with Gasteiger partial charge < -0.3 is 10.2 Å². The summed E-state index contributed by atoms with van der Waals surface area (Å²) >= 11 is 0. The van der Waals surface area contributed by atoms with Crippen LogP contribution in [0.15, 0.2) is 30.9 Å². The monoisotopic (exact) mass is 149 g/mol. The smallest absolute Gasteiger partial charge is 0.161 e. The largest absolute Gasteiger partial charge is 0.504 e. The summed E-state index contributed by atoms with van der Waals surface area (Å²) in [6.45, 7) is 3.48. The molecule has 0 aliphatic rings.